The Bertz CT molecular complexity index is 889. The summed E-state index contributed by atoms with van der Waals surface area (Å²) >= 11 is 0. The minimum Gasteiger partial charge on any atom is -0.355 e. The molecule has 1 aromatic carbocycles. The van der Waals surface area contributed by atoms with Crippen molar-refractivity contribution in [2.45, 2.75) is 6.92 Å². The van der Waals surface area contributed by atoms with E-state index in [0.717, 1.165) is 17.1 Å². The van der Waals surface area contributed by atoms with E-state index in [-0.39, 0.29) is 11.8 Å². The number of carbonyl (C=O) groups is 1. The van der Waals surface area contributed by atoms with Crippen LogP contribution in [-0.2, 0) is 4.79 Å². The fourth-order valence-corrected chi connectivity index (χ4v) is 2.68. The second-order valence-corrected chi connectivity index (χ2v) is 5.92. The van der Waals surface area contributed by atoms with Crippen LogP contribution in [0.3, 0.4) is 0 Å². The highest BCUT2D eigenvalue weighted by Gasteiger charge is 2.34. The average molecular weight is 336 g/mol. The number of anilines is 2. The van der Waals surface area contributed by atoms with Gasteiger partial charge in [-0.2, -0.15) is 0 Å². The number of hydrogen-bond donors (Lipinski definition) is 1. The number of aryl methyl sites for hydroxylation is 1. The zero-order valence-corrected chi connectivity index (χ0v) is 13.6. The lowest BCUT2D eigenvalue weighted by Crippen LogP contribution is -2.52. The molecule has 8 nitrogen and oxygen atoms in total. The topological polar surface area (TPSA) is 97.0 Å². The summed E-state index contributed by atoms with van der Waals surface area (Å²) in [5.74, 6) is 0.979. The van der Waals surface area contributed by atoms with Crippen LogP contribution in [0.4, 0.5) is 11.6 Å². The van der Waals surface area contributed by atoms with Crippen molar-refractivity contribution in [1.29, 1.82) is 0 Å². The van der Waals surface area contributed by atoms with E-state index in [1.165, 1.54) is 0 Å². The predicted molar refractivity (Wildman–Crippen MR) is 90.8 cm³/mol. The molecule has 0 aliphatic carbocycles. The Morgan fingerprint density at radius 2 is 2.00 bits per heavy atom. The number of aromatic nitrogens is 4. The van der Waals surface area contributed by atoms with E-state index in [9.17, 15) is 4.79 Å². The molecule has 2 aromatic heterocycles. The molecule has 126 valence electrons. The van der Waals surface area contributed by atoms with Crippen LogP contribution in [0.2, 0.25) is 0 Å². The molecule has 0 radical (unpaired) electrons. The van der Waals surface area contributed by atoms with Crippen LogP contribution in [0.25, 0.3) is 11.3 Å². The monoisotopic (exact) mass is 336 g/mol. The van der Waals surface area contributed by atoms with Gasteiger partial charge in [-0.05, 0) is 12.1 Å². The van der Waals surface area contributed by atoms with Crippen LogP contribution in [0.15, 0.2) is 47.4 Å². The molecule has 0 saturated carbocycles. The Hall–Kier alpha value is -3.29. The van der Waals surface area contributed by atoms with E-state index in [1.54, 1.807) is 13.3 Å². The highest BCUT2D eigenvalue weighted by atomic mass is 16.6. The summed E-state index contributed by atoms with van der Waals surface area (Å²) in [4.78, 5) is 22.9. The van der Waals surface area contributed by atoms with Gasteiger partial charge in [-0.1, -0.05) is 35.5 Å². The van der Waals surface area contributed by atoms with Crippen LogP contribution in [0, 0.1) is 12.8 Å². The largest absolute Gasteiger partial charge is 0.355 e. The van der Waals surface area contributed by atoms with Crippen molar-refractivity contribution in [3.63, 3.8) is 0 Å². The van der Waals surface area contributed by atoms with E-state index < -0.39 is 0 Å². The van der Waals surface area contributed by atoms with Gasteiger partial charge in [0.25, 0.3) is 0 Å². The smallest absolute Gasteiger partial charge is 0.232 e. The minimum absolute atomic E-state index is 0.0904. The third-order valence-corrected chi connectivity index (χ3v) is 4.19. The van der Waals surface area contributed by atoms with E-state index in [2.05, 4.69) is 30.2 Å². The van der Waals surface area contributed by atoms with Gasteiger partial charge in [0, 0.05) is 24.7 Å². The van der Waals surface area contributed by atoms with Crippen LogP contribution >= 0.6 is 0 Å². The Morgan fingerprint density at radius 3 is 2.72 bits per heavy atom. The molecule has 1 N–H and O–H groups in total. The zero-order chi connectivity index (χ0) is 17.2. The molecule has 0 spiro atoms. The first-order chi connectivity index (χ1) is 12.2. The van der Waals surface area contributed by atoms with E-state index >= 15 is 0 Å². The Balaban J connectivity index is 1.41. The lowest BCUT2D eigenvalue weighted by Gasteiger charge is -2.38. The van der Waals surface area contributed by atoms with E-state index in [0.29, 0.717) is 24.6 Å². The van der Waals surface area contributed by atoms with Crippen molar-refractivity contribution in [3.8, 4) is 11.3 Å². The molecule has 1 aliphatic rings. The number of carbonyl (C=O) groups excluding carboxylic acids is 1. The molecule has 1 saturated heterocycles. The van der Waals surface area contributed by atoms with Gasteiger partial charge in [0.15, 0.2) is 5.82 Å². The SMILES string of the molecule is Cc1nonc1NC(=O)C1CN(c2cc(-c3ccccc3)ncn2)C1. The molecule has 1 amide bonds. The van der Waals surface area contributed by atoms with Crippen molar-refractivity contribution in [1.82, 2.24) is 20.3 Å². The third-order valence-electron chi connectivity index (χ3n) is 4.19. The first kappa shape index (κ1) is 15.3. The van der Waals surface area contributed by atoms with Gasteiger partial charge in [-0.3, -0.25) is 4.79 Å². The molecule has 3 heterocycles. The standard InChI is InChI=1S/C17H16N6O2/c1-11-16(22-25-21-11)20-17(24)13-8-23(9-13)15-7-14(18-10-19-15)12-5-3-2-4-6-12/h2-7,10,13H,8-9H2,1H3,(H,20,22,24). The van der Waals surface area contributed by atoms with Gasteiger partial charge in [0.05, 0.1) is 11.6 Å². The van der Waals surface area contributed by atoms with Gasteiger partial charge < -0.3 is 10.2 Å². The first-order valence-electron chi connectivity index (χ1n) is 7.93. The molecule has 1 aliphatic heterocycles. The quantitative estimate of drug-likeness (QED) is 0.777. The summed E-state index contributed by atoms with van der Waals surface area (Å²) in [7, 11) is 0. The molecule has 25 heavy (non-hydrogen) atoms. The van der Waals surface area contributed by atoms with Crippen molar-refractivity contribution in [2.24, 2.45) is 5.92 Å². The third kappa shape index (κ3) is 3.06. The van der Waals surface area contributed by atoms with Gasteiger partial charge in [-0.15, -0.1) is 0 Å². The maximum Gasteiger partial charge on any atom is 0.232 e. The minimum atomic E-state index is -0.119. The lowest BCUT2D eigenvalue weighted by molar-refractivity contribution is -0.120. The normalized spacial score (nSPS) is 14.2. The maximum atomic E-state index is 12.2. The van der Waals surface area contributed by atoms with Crippen LogP contribution in [0.1, 0.15) is 5.69 Å². The van der Waals surface area contributed by atoms with Crippen LogP contribution in [-0.4, -0.2) is 39.3 Å². The lowest BCUT2D eigenvalue weighted by atomic mass is 9.99. The fourth-order valence-electron chi connectivity index (χ4n) is 2.68. The van der Waals surface area contributed by atoms with Crippen molar-refractivity contribution < 1.29 is 9.42 Å². The molecule has 0 atom stereocenters. The number of nitrogens with zero attached hydrogens (tertiary/aromatic N) is 5. The molecule has 1 fully saturated rings. The number of rotatable bonds is 4. The molecule has 0 unspecified atom stereocenters. The Kier molecular flexibility index (Phi) is 3.85. The van der Waals surface area contributed by atoms with E-state index in [1.807, 2.05) is 41.3 Å². The van der Waals surface area contributed by atoms with Crippen molar-refractivity contribution in [2.75, 3.05) is 23.3 Å². The van der Waals surface area contributed by atoms with Crippen LogP contribution < -0.4 is 10.2 Å². The summed E-state index contributed by atoms with van der Waals surface area (Å²) in [6, 6.07) is 11.9. The molecule has 4 rings (SSSR count). The summed E-state index contributed by atoms with van der Waals surface area (Å²) in [6.45, 7) is 2.92. The summed E-state index contributed by atoms with van der Waals surface area (Å²) in [6.07, 6.45) is 1.55. The maximum absolute atomic E-state index is 12.2. The number of hydrogen-bond acceptors (Lipinski definition) is 7. The molecule has 0 bridgehead atoms. The Morgan fingerprint density at radius 1 is 1.20 bits per heavy atom. The average Bonchev–Trinajstić information content (AvgIpc) is 2.99. The van der Waals surface area contributed by atoms with Crippen molar-refractivity contribution >= 4 is 17.5 Å². The number of nitrogens with one attached hydrogen (secondary N) is 1. The second-order valence-electron chi connectivity index (χ2n) is 5.92. The summed E-state index contributed by atoms with van der Waals surface area (Å²) in [5, 5.41) is 10.0. The van der Waals surface area contributed by atoms with Gasteiger partial charge in [-0.25, -0.2) is 14.6 Å². The predicted octanol–water partition coefficient (Wildman–Crippen LogP) is 1.91. The number of benzene rings is 1. The second kappa shape index (κ2) is 6.31. The highest BCUT2D eigenvalue weighted by molar-refractivity contribution is 5.93. The first-order valence-corrected chi connectivity index (χ1v) is 7.93. The molecular weight excluding hydrogens is 320 g/mol. The van der Waals surface area contributed by atoms with Gasteiger partial charge >= 0.3 is 0 Å². The fraction of sp³-hybridized carbons (Fsp3) is 0.235. The molecular formula is C17H16N6O2. The zero-order valence-electron chi connectivity index (χ0n) is 13.6. The van der Waals surface area contributed by atoms with Gasteiger partial charge in [0.2, 0.25) is 5.91 Å². The summed E-state index contributed by atoms with van der Waals surface area (Å²) in [5.41, 5.74) is 2.46. The highest BCUT2D eigenvalue weighted by Crippen LogP contribution is 2.26. The van der Waals surface area contributed by atoms with Crippen LogP contribution in [0.5, 0.6) is 0 Å². The molecule has 3 aromatic rings. The van der Waals surface area contributed by atoms with Gasteiger partial charge in [0.1, 0.15) is 17.8 Å². The Labute approximate surface area is 143 Å². The summed E-state index contributed by atoms with van der Waals surface area (Å²) < 4.78 is 4.58. The number of amides is 1. The van der Waals surface area contributed by atoms with Crippen molar-refractivity contribution in [3.05, 3.63) is 48.4 Å². The molecule has 8 heteroatoms. The van der Waals surface area contributed by atoms with E-state index in [4.69, 9.17) is 0 Å².